The van der Waals surface area contributed by atoms with Gasteiger partial charge in [0.1, 0.15) is 5.76 Å². The van der Waals surface area contributed by atoms with Crippen LogP contribution in [0.2, 0.25) is 0 Å². The lowest BCUT2D eigenvalue weighted by atomic mass is 10.1. The van der Waals surface area contributed by atoms with E-state index in [-0.39, 0.29) is 5.91 Å². The SMILES string of the molecule is Cc1ccc(-c2noc(CCNC(=O)CCc3c(C)noc3C)n2)cc1. The number of hydrogen-bond acceptors (Lipinski definition) is 6. The standard InChI is InChI=1S/C19H22N4O3/c1-12-4-6-15(7-5-12)19-21-18(26-23-19)10-11-20-17(24)9-8-16-13(2)22-25-14(16)3/h4-7H,8-11H2,1-3H3,(H,20,24). The van der Waals surface area contributed by atoms with Crippen LogP contribution in [-0.4, -0.2) is 27.7 Å². The molecule has 0 aliphatic heterocycles. The van der Waals surface area contributed by atoms with Crippen molar-refractivity contribution in [3.8, 4) is 11.4 Å². The number of rotatable bonds is 7. The largest absolute Gasteiger partial charge is 0.361 e. The van der Waals surface area contributed by atoms with Gasteiger partial charge in [-0.1, -0.05) is 40.1 Å². The second-order valence-electron chi connectivity index (χ2n) is 6.28. The number of nitrogens with one attached hydrogen (secondary N) is 1. The number of aryl methyl sites for hydroxylation is 3. The molecule has 0 aliphatic rings. The van der Waals surface area contributed by atoms with Crippen LogP contribution in [0.3, 0.4) is 0 Å². The second-order valence-corrected chi connectivity index (χ2v) is 6.28. The summed E-state index contributed by atoms with van der Waals surface area (Å²) in [5.74, 6) is 1.81. The third kappa shape index (κ3) is 4.36. The van der Waals surface area contributed by atoms with Gasteiger partial charge in [-0.05, 0) is 27.2 Å². The molecular formula is C19H22N4O3. The van der Waals surface area contributed by atoms with Gasteiger partial charge in [-0.25, -0.2) is 0 Å². The summed E-state index contributed by atoms with van der Waals surface area (Å²) < 4.78 is 10.4. The summed E-state index contributed by atoms with van der Waals surface area (Å²) in [4.78, 5) is 16.3. The summed E-state index contributed by atoms with van der Waals surface area (Å²) in [6, 6.07) is 7.93. The molecule has 0 aliphatic carbocycles. The lowest BCUT2D eigenvalue weighted by Crippen LogP contribution is -2.26. The Hall–Kier alpha value is -2.96. The number of benzene rings is 1. The molecule has 0 radical (unpaired) electrons. The number of amides is 1. The summed E-state index contributed by atoms with van der Waals surface area (Å²) in [6.07, 6.45) is 1.50. The Kier molecular flexibility index (Phi) is 5.46. The van der Waals surface area contributed by atoms with Crippen LogP contribution in [0.4, 0.5) is 0 Å². The molecule has 0 unspecified atom stereocenters. The van der Waals surface area contributed by atoms with Gasteiger partial charge in [0.25, 0.3) is 0 Å². The normalized spacial score (nSPS) is 10.9. The molecule has 0 saturated heterocycles. The van der Waals surface area contributed by atoms with E-state index >= 15 is 0 Å². The summed E-state index contributed by atoms with van der Waals surface area (Å²) >= 11 is 0. The zero-order valence-electron chi connectivity index (χ0n) is 15.2. The number of nitrogens with zero attached hydrogens (tertiary/aromatic N) is 3. The Bertz CT molecular complexity index is 861. The van der Waals surface area contributed by atoms with Crippen molar-refractivity contribution in [2.24, 2.45) is 0 Å². The van der Waals surface area contributed by atoms with Crippen LogP contribution < -0.4 is 5.32 Å². The van der Waals surface area contributed by atoms with E-state index in [1.165, 1.54) is 5.56 Å². The third-order valence-corrected chi connectivity index (χ3v) is 4.22. The fourth-order valence-corrected chi connectivity index (χ4v) is 2.67. The van der Waals surface area contributed by atoms with Gasteiger partial charge >= 0.3 is 0 Å². The van der Waals surface area contributed by atoms with Crippen molar-refractivity contribution >= 4 is 5.91 Å². The molecule has 2 aromatic heterocycles. The average molecular weight is 354 g/mol. The van der Waals surface area contributed by atoms with Gasteiger partial charge in [0.2, 0.25) is 17.6 Å². The average Bonchev–Trinajstić information content (AvgIpc) is 3.21. The summed E-state index contributed by atoms with van der Waals surface area (Å²) in [5.41, 5.74) is 3.93. The highest BCUT2D eigenvalue weighted by molar-refractivity contribution is 5.76. The molecule has 2 heterocycles. The lowest BCUT2D eigenvalue weighted by molar-refractivity contribution is -0.121. The van der Waals surface area contributed by atoms with E-state index in [0.717, 1.165) is 22.6 Å². The fraction of sp³-hybridized carbons (Fsp3) is 0.368. The highest BCUT2D eigenvalue weighted by atomic mass is 16.5. The zero-order valence-corrected chi connectivity index (χ0v) is 15.2. The van der Waals surface area contributed by atoms with Gasteiger partial charge in [-0.3, -0.25) is 4.79 Å². The minimum atomic E-state index is -0.0247. The van der Waals surface area contributed by atoms with Crippen molar-refractivity contribution in [3.05, 3.63) is 52.7 Å². The van der Waals surface area contributed by atoms with Crippen molar-refractivity contribution in [2.75, 3.05) is 6.54 Å². The van der Waals surface area contributed by atoms with Gasteiger partial charge in [0.15, 0.2) is 0 Å². The van der Waals surface area contributed by atoms with Crippen molar-refractivity contribution in [1.82, 2.24) is 20.6 Å². The van der Waals surface area contributed by atoms with Crippen LogP contribution in [0.15, 0.2) is 33.3 Å². The van der Waals surface area contributed by atoms with Crippen LogP contribution in [0, 0.1) is 20.8 Å². The molecule has 136 valence electrons. The predicted octanol–water partition coefficient (Wildman–Crippen LogP) is 2.94. The van der Waals surface area contributed by atoms with E-state index in [9.17, 15) is 4.79 Å². The number of carbonyl (C=O) groups is 1. The van der Waals surface area contributed by atoms with Crippen molar-refractivity contribution in [1.29, 1.82) is 0 Å². The first-order valence-corrected chi connectivity index (χ1v) is 8.61. The molecule has 0 bridgehead atoms. The Balaban J connectivity index is 1.45. The Morgan fingerprint density at radius 1 is 1.04 bits per heavy atom. The maximum absolute atomic E-state index is 12.0. The molecule has 1 N–H and O–H groups in total. The molecule has 3 rings (SSSR count). The van der Waals surface area contributed by atoms with Crippen LogP contribution >= 0.6 is 0 Å². The van der Waals surface area contributed by atoms with Gasteiger partial charge in [0.05, 0.1) is 5.69 Å². The first kappa shape index (κ1) is 17.8. The maximum atomic E-state index is 12.0. The molecule has 7 heteroatoms. The van der Waals surface area contributed by atoms with Gasteiger partial charge in [0, 0.05) is 30.5 Å². The predicted molar refractivity (Wildman–Crippen MR) is 95.5 cm³/mol. The van der Waals surface area contributed by atoms with Crippen LogP contribution in [-0.2, 0) is 17.6 Å². The van der Waals surface area contributed by atoms with E-state index < -0.39 is 0 Å². The van der Waals surface area contributed by atoms with Crippen LogP contribution in [0.5, 0.6) is 0 Å². The maximum Gasteiger partial charge on any atom is 0.228 e. The first-order chi connectivity index (χ1) is 12.5. The molecular weight excluding hydrogens is 332 g/mol. The van der Waals surface area contributed by atoms with Crippen molar-refractivity contribution in [2.45, 2.75) is 40.0 Å². The van der Waals surface area contributed by atoms with E-state index in [0.29, 0.717) is 37.5 Å². The van der Waals surface area contributed by atoms with Gasteiger partial charge in [-0.2, -0.15) is 4.98 Å². The minimum Gasteiger partial charge on any atom is -0.361 e. The minimum absolute atomic E-state index is 0.0247. The van der Waals surface area contributed by atoms with Gasteiger partial charge < -0.3 is 14.4 Å². The Labute approximate surface area is 151 Å². The quantitative estimate of drug-likeness (QED) is 0.701. The number of aromatic nitrogens is 3. The summed E-state index contributed by atoms with van der Waals surface area (Å²) in [7, 11) is 0. The fourth-order valence-electron chi connectivity index (χ4n) is 2.67. The van der Waals surface area contributed by atoms with E-state index in [1.54, 1.807) is 0 Å². The number of hydrogen-bond donors (Lipinski definition) is 1. The lowest BCUT2D eigenvalue weighted by Gasteiger charge is -2.03. The highest BCUT2D eigenvalue weighted by Crippen LogP contribution is 2.16. The Morgan fingerprint density at radius 2 is 1.81 bits per heavy atom. The van der Waals surface area contributed by atoms with E-state index in [4.69, 9.17) is 9.05 Å². The molecule has 7 nitrogen and oxygen atoms in total. The third-order valence-electron chi connectivity index (χ3n) is 4.22. The molecule has 3 aromatic rings. The van der Waals surface area contributed by atoms with Crippen LogP contribution in [0.25, 0.3) is 11.4 Å². The second kappa shape index (κ2) is 7.95. The molecule has 1 aromatic carbocycles. The zero-order chi connectivity index (χ0) is 18.5. The first-order valence-electron chi connectivity index (χ1n) is 8.61. The van der Waals surface area contributed by atoms with Gasteiger partial charge in [-0.15, -0.1) is 0 Å². The van der Waals surface area contributed by atoms with Crippen LogP contribution in [0.1, 0.15) is 34.9 Å². The molecule has 1 amide bonds. The van der Waals surface area contributed by atoms with Crippen molar-refractivity contribution < 1.29 is 13.8 Å². The smallest absolute Gasteiger partial charge is 0.228 e. The van der Waals surface area contributed by atoms with E-state index in [1.807, 2.05) is 45.0 Å². The monoisotopic (exact) mass is 354 g/mol. The van der Waals surface area contributed by atoms with E-state index in [2.05, 4.69) is 20.6 Å². The Morgan fingerprint density at radius 3 is 2.50 bits per heavy atom. The molecule has 0 saturated carbocycles. The highest BCUT2D eigenvalue weighted by Gasteiger charge is 2.12. The molecule has 0 fully saturated rings. The topological polar surface area (TPSA) is 94.1 Å². The van der Waals surface area contributed by atoms with Crippen molar-refractivity contribution in [3.63, 3.8) is 0 Å². The number of carbonyl (C=O) groups excluding carboxylic acids is 1. The summed E-state index contributed by atoms with van der Waals surface area (Å²) in [5, 5.41) is 10.8. The summed E-state index contributed by atoms with van der Waals surface area (Å²) in [6.45, 7) is 6.22. The molecule has 0 atom stereocenters. The molecule has 26 heavy (non-hydrogen) atoms. The molecule has 0 spiro atoms.